The second-order valence-electron chi connectivity index (χ2n) is 5.89. The number of pyridine rings is 1. The number of halogens is 2. The Kier molecular flexibility index (Phi) is 7.09. The maximum atomic E-state index is 12.0. The molecule has 1 atom stereocenters. The zero-order valence-corrected chi connectivity index (χ0v) is 15.0. The van der Waals surface area contributed by atoms with Gasteiger partial charge in [0, 0.05) is 5.69 Å². The van der Waals surface area contributed by atoms with Gasteiger partial charge in [-0.25, -0.2) is 9.78 Å². The second kappa shape index (κ2) is 8.36. The first kappa shape index (κ1) is 19.5. The number of carbonyl (C=O) groups excluding carboxylic acids is 2. The first-order chi connectivity index (χ1) is 10.6. The van der Waals surface area contributed by atoms with Crippen LogP contribution in [0.25, 0.3) is 0 Å². The predicted octanol–water partition coefficient (Wildman–Crippen LogP) is 3.74. The summed E-state index contributed by atoms with van der Waals surface area (Å²) >= 11 is 11.3. The molecule has 0 aromatic carbocycles. The maximum Gasteiger partial charge on any atom is 0.408 e. The number of ether oxygens (including phenoxy) is 2. The Balaban J connectivity index is 2.97. The number of aryl methyl sites for hydroxylation is 1. The van der Waals surface area contributed by atoms with Crippen molar-refractivity contribution in [3.05, 3.63) is 28.5 Å². The Hall–Kier alpha value is -1.53. The molecule has 1 aromatic rings. The van der Waals surface area contributed by atoms with Crippen LogP contribution in [0.4, 0.5) is 4.79 Å². The van der Waals surface area contributed by atoms with Crippen molar-refractivity contribution in [2.24, 2.45) is 0 Å². The van der Waals surface area contributed by atoms with Crippen LogP contribution in [0.3, 0.4) is 0 Å². The number of alkyl halides is 1. The molecular weight excluding hydrogens is 343 g/mol. The molecule has 0 radical (unpaired) electrons. The van der Waals surface area contributed by atoms with E-state index in [0.29, 0.717) is 11.3 Å². The SMILES string of the molecule is Cc1cc(C(CC(=O)OCCl)NC(=O)OC(C)(C)C)cc(Cl)n1. The van der Waals surface area contributed by atoms with Crippen molar-refractivity contribution in [1.29, 1.82) is 0 Å². The van der Waals surface area contributed by atoms with Gasteiger partial charge in [0.15, 0.2) is 6.07 Å². The van der Waals surface area contributed by atoms with E-state index in [9.17, 15) is 9.59 Å². The lowest BCUT2D eigenvalue weighted by Crippen LogP contribution is -2.36. The minimum absolute atomic E-state index is 0.105. The van der Waals surface area contributed by atoms with Crippen LogP contribution in [0.2, 0.25) is 5.15 Å². The van der Waals surface area contributed by atoms with Crippen molar-refractivity contribution in [3.63, 3.8) is 0 Å². The highest BCUT2D eigenvalue weighted by molar-refractivity contribution is 6.29. The summed E-state index contributed by atoms with van der Waals surface area (Å²) < 4.78 is 9.94. The number of nitrogens with zero attached hydrogens (tertiary/aromatic N) is 1. The fraction of sp³-hybridized carbons (Fsp3) is 0.533. The minimum atomic E-state index is -0.667. The van der Waals surface area contributed by atoms with Crippen molar-refractivity contribution in [2.75, 3.05) is 6.07 Å². The molecule has 8 heteroatoms. The molecule has 0 aliphatic heterocycles. The van der Waals surface area contributed by atoms with Gasteiger partial charge in [0.1, 0.15) is 10.8 Å². The topological polar surface area (TPSA) is 77.5 Å². The normalized spacial score (nSPS) is 12.4. The van der Waals surface area contributed by atoms with Gasteiger partial charge in [-0.15, -0.1) is 0 Å². The van der Waals surface area contributed by atoms with Crippen LogP contribution >= 0.6 is 23.2 Å². The molecule has 0 spiro atoms. The number of alkyl carbamates (subject to hydrolysis) is 1. The van der Waals surface area contributed by atoms with Gasteiger partial charge in [-0.1, -0.05) is 23.2 Å². The number of amides is 1. The summed E-state index contributed by atoms with van der Waals surface area (Å²) in [7, 11) is 0. The third kappa shape index (κ3) is 7.52. The summed E-state index contributed by atoms with van der Waals surface area (Å²) in [5, 5.41) is 2.91. The van der Waals surface area contributed by atoms with Crippen LogP contribution in [0, 0.1) is 6.92 Å². The van der Waals surface area contributed by atoms with Crippen molar-refractivity contribution < 1.29 is 19.1 Å². The van der Waals surface area contributed by atoms with E-state index in [-0.39, 0.29) is 17.6 Å². The summed E-state index contributed by atoms with van der Waals surface area (Å²) in [6, 6.07) is 2.38. The molecule has 1 N–H and O–H groups in total. The Bertz CT molecular complexity index is 553. The van der Waals surface area contributed by atoms with Gasteiger partial charge in [0.25, 0.3) is 0 Å². The van der Waals surface area contributed by atoms with E-state index in [1.807, 2.05) is 0 Å². The van der Waals surface area contributed by atoms with Crippen LogP contribution in [0.5, 0.6) is 0 Å². The lowest BCUT2D eigenvalue weighted by Gasteiger charge is -2.23. The van der Waals surface area contributed by atoms with Gasteiger partial charge in [0.05, 0.1) is 12.5 Å². The first-order valence-electron chi connectivity index (χ1n) is 6.96. The lowest BCUT2D eigenvalue weighted by molar-refractivity contribution is -0.142. The van der Waals surface area contributed by atoms with E-state index in [1.54, 1.807) is 39.8 Å². The number of rotatable bonds is 5. The van der Waals surface area contributed by atoms with Gasteiger partial charge in [0.2, 0.25) is 0 Å². The average molecular weight is 363 g/mol. The molecule has 0 fully saturated rings. The lowest BCUT2D eigenvalue weighted by atomic mass is 10.0. The van der Waals surface area contributed by atoms with Crippen LogP contribution < -0.4 is 5.32 Å². The van der Waals surface area contributed by atoms with Gasteiger partial charge < -0.3 is 14.8 Å². The molecule has 0 saturated carbocycles. The summed E-state index contributed by atoms with van der Waals surface area (Å²) in [6.07, 6.45) is -0.752. The molecule has 1 amide bonds. The van der Waals surface area contributed by atoms with E-state index in [2.05, 4.69) is 10.3 Å². The molecule has 0 aliphatic rings. The second-order valence-corrected chi connectivity index (χ2v) is 6.50. The largest absolute Gasteiger partial charge is 0.449 e. The molecule has 0 saturated heterocycles. The molecule has 1 unspecified atom stereocenters. The molecule has 1 aromatic heterocycles. The van der Waals surface area contributed by atoms with Crippen molar-refractivity contribution in [1.82, 2.24) is 10.3 Å². The predicted molar refractivity (Wildman–Crippen MR) is 87.5 cm³/mol. The summed E-state index contributed by atoms with van der Waals surface area (Å²) in [4.78, 5) is 27.8. The Morgan fingerprint density at radius 2 is 2.00 bits per heavy atom. The zero-order valence-electron chi connectivity index (χ0n) is 13.5. The molecule has 23 heavy (non-hydrogen) atoms. The number of aromatic nitrogens is 1. The number of hydrogen-bond acceptors (Lipinski definition) is 5. The first-order valence-corrected chi connectivity index (χ1v) is 7.87. The summed E-state index contributed by atoms with van der Waals surface area (Å²) in [6.45, 7) is 7.00. The molecular formula is C15H20Cl2N2O4. The quantitative estimate of drug-likeness (QED) is 0.490. The molecule has 6 nitrogen and oxygen atoms in total. The Labute approximate surface area is 145 Å². The fourth-order valence-corrected chi connectivity index (χ4v) is 2.22. The minimum Gasteiger partial charge on any atom is -0.449 e. The van der Waals surface area contributed by atoms with E-state index >= 15 is 0 Å². The standard InChI is InChI=1S/C15H20Cl2N2O4/c1-9-5-10(6-12(17)18-9)11(7-13(20)22-8-16)19-14(21)23-15(2,3)4/h5-6,11H,7-8H2,1-4H3,(H,19,21). The number of esters is 1. The average Bonchev–Trinajstić information content (AvgIpc) is 2.34. The van der Waals surface area contributed by atoms with Gasteiger partial charge in [-0.05, 0) is 45.4 Å². The third-order valence-corrected chi connectivity index (χ3v) is 2.93. The van der Waals surface area contributed by atoms with Gasteiger partial charge in [-0.2, -0.15) is 0 Å². The molecule has 128 valence electrons. The zero-order chi connectivity index (χ0) is 17.6. The number of hydrogen-bond donors (Lipinski definition) is 1. The maximum absolute atomic E-state index is 12.0. The third-order valence-electron chi connectivity index (χ3n) is 2.62. The van der Waals surface area contributed by atoms with Crippen molar-refractivity contribution >= 4 is 35.3 Å². The van der Waals surface area contributed by atoms with E-state index < -0.39 is 23.7 Å². The highest BCUT2D eigenvalue weighted by Gasteiger charge is 2.23. The molecule has 0 bridgehead atoms. The number of carbonyl (C=O) groups is 2. The highest BCUT2D eigenvalue weighted by atomic mass is 35.5. The van der Waals surface area contributed by atoms with Crippen LogP contribution in [0.1, 0.15) is 44.5 Å². The van der Waals surface area contributed by atoms with Crippen molar-refractivity contribution in [2.45, 2.75) is 45.8 Å². The monoisotopic (exact) mass is 362 g/mol. The Morgan fingerprint density at radius 3 is 2.52 bits per heavy atom. The van der Waals surface area contributed by atoms with Gasteiger partial charge >= 0.3 is 12.1 Å². The molecule has 0 aliphatic carbocycles. The summed E-state index contributed by atoms with van der Waals surface area (Å²) in [5.74, 6) is -0.549. The number of nitrogens with one attached hydrogen (secondary N) is 1. The van der Waals surface area contributed by atoms with Crippen LogP contribution in [-0.2, 0) is 14.3 Å². The van der Waals surface area contributed by atoms with E-state index in [1.165, 1.54) is 0 Å². The van der Waals surface area contributed by atoms with Crippen molar-refractivity contribution in [3.8, 4) is 0 Å². The molecule has 1 heterocycles. The fourth-order valence-electron chi connectivity index (χ4n) is 1.84. The Morgan fingerprint density at radius 1 is 1.35 bits per heavy atom. The van der Waals surface area contributed by atoms with Crippen LogP contribution in [-0.4, -0.2) is 28.7 Å². The van der Waals surface area contributed by atoms with E-state index in [4.69, 9.17) is 32.7 Å². The van der Waals surface area contributed by atoms with Crippen LogP contribution in [0.15, 0.2) is 12.1 Å². The highest BCUT2D eigenvalue weighted by Crippen LogP contribution is 2.22. The van der Waals surface area contributed by atoms with Gasteiger partial charge in [-0.3, -0.25) is 4.79 Å². The summed E-state index contributed by atoms with van der Waals surface area (Å²) in [5.41, 5.74) is 0.631. The van der Waals surface area contributed by atoms with E-state index in [0.717, 1.165) is 0 Å². The molecule has 1 rings (SSSR count). The smallest absolute Gasteiger partial charge is 0.408 e.